The van der Waals surface area contributed by atoms with Crippen LogP contribution in [0, 0.1) is 11.6 Å². The summed E-state index contributed by atoms with van der Waals surface area (Å²) in [4.78, 5) is 11.3. The van der Waals surface area contributed by atoms with Gasteiger partial charge in [0.05, 0.1) is 24.1 Å². The van der Waals surface area contributed by atoms with Gasteiger partial charge < -0.3 is 5.73 Å². The van der Waals surface area contributed by atoms with E-state index in [1.54, 1.807) is 0 Å². The highest BCUT2D eigenvalue weighted by atomic mass is 19.1. The van der Waals surface area contributed by atoms with Crippen molar-refractivity contribution in [3.05, 3.63) is 36.3 Å². The van der Waals surface area contributed by atoms with Gasteiger partial charge in [-0.3, -0.25) is 0 Å². The molecule has 0 radical (unpaired) electrons. The number of nitrogen functional groups attached to an aromatic ring is 1. The Kier molecular flexibility index (Phi) is 2.15. The molecule has 90 valence electrons. The van der Waals surface area contributed by atoms with Crippen LogP contribution in [0.2, 0.25) is 0 Å². The molecule has 6 nitrogen and oxygen atoms in total. The molecule has 3 heterocycles. The summed E-state index contributed by atoms with van der Waals surface area (Å²) in [6.45, 7) is 0. The Morgan fingerprint density at radius 3 is 2.72 bits per heavy atom. The number of anilines is 1. The van der Waals surface area contributed by atoms with Gasteiger partial charge in [-0.2, -0.15) is 14.8 Å². The molecule has 0 aliphatic heterocycles. The molecular weight excluding hydrogens is 242 g/mol. The molecular formula is C10H6F2N6. The standard InChI is InChI=1S/C10H6F2N6/c11-5-1-8-7(14-2-5)4-16-18(8)10-15-3-6(12)9(13)17-10/h1-4H,(H2,13,15,17). The van der Waals surface area contributed by atoms with E-state index >= 15 is 0 Å². The van der Waals surface area contributed by atoms with Crippen LogP contribution >= 0.6 is 0 Å². The largest absolute Gasteiger partial charge is 0.381 e. The third-order valence-electron chi connectivity index (χ3n) is 2.34. The first-order chi connectivity index (χ1) is 8.65. The predicted octanol–water partition coefficient (Wildman–Crippen LogP) is 1.07. The van der Waals surface area contributed by atoms with Crippen molar-refractivity contribution < 1.29 is 8.78 Å². The van der Waals surface area contributed by atoms with Gasteiger partial charge in [0, 0.05) is 6.07 Å². The van der Waals surface area contributed by atoms with Gasteiger partial charge in [-0.25, -0.2) is 18.7 Å². The number of aromatic nitrogens is 5. The van der Waals surface area contributed by atoms with Crippen LogP contribution in [0.25, 0.3) is 17.0 Å². The summed E-state index contributed by atoms with van der Waals surface area (Å²) in [5.41, 5.74) is 6.19. The normalized spacial score (nSPS) is 11.0. The Morgan fingerprint density at radius 1 is 1.11 bits per heavy atom. The van der Waals surface area contributed by atoms with E-state index in [-0.39, 0.29) is 11.8 Å². The number of nitrogens with two attached hydrogens (primary N) is 1. The second-order valence-corrected chi connectivity index (χ2v) is 3.52. The fourth-order valence-corrected chi connectivity index (χ4v) is 1.51. The Hall–Kier alpha value is -2.64. The highest BCUT2D eigenvalue weighted by Crippen LogP contribution is 2.16. The minimum Gasteiger partial charge on any atom is -0.381 e. The van der Waals surface area contributed by atoms with E-state index in [1.807, 2.05) is 0 Å². The van der Waals surface area contributed by atoms with Crippen LogP contribution in [-0.4, -0.2) is 24.7 Å². The fourth-order valence-electron chi connectivity index (χ4n) is 1.51. The van der Waals surface area contributed by atoms with E-state index in [0.29, 0.717) is 11.0 Å². The lowest BCUT2D eigenvalue weighted by atomic mass is 10.4. The molecule has 2 N–H and O–H groups in total. The van der Waals surface area contributed by atoms with Gasteiger partial charge in [-0.15, -0.1) is 0 Å². The summed E-state index contributed by atoms with van der Waals surface area (Å²) in [6.07, 6.45) is 3.43. The van der Waals surface area contributed by atoms with Crippen LogP contribution in [0.5, 0.6) is 0 Å². The molecule has 3 rings (SSSR count). The summed E-state index contributed by atoms with van der Waals surface area (Å²) >= 11 is 0. The minimum absolute atomic E-state index is 0.0521. The summed E-state index contributed by atoms with van der Waals surface area (Å²) in [7, 11) is 0. The molecule has 18 heavy (non-hydrogen) atoms. The number of fused-ring (bicyclic) bond motifs is 1. The highest BCUT2D eigenvalue weighted by molar-refractivity contribution is 5.75. The molecule has 0 aromatic carbocycles. The highest BCUT2D eigenvalue weighted by Gasteiger charge is 2.11. The predicted molar refractivity (Wildman–Crippen MR) is 58.8 cm³/mol. The summed E-state index contributed by atoms with van der Waals surface area (Å²) in [5, 5.41) is 3.96. The monoisotopic (exact) mass is 248 g/mol. The summed E-state index contributed by atoms with van der Waals surface area (Å²) < 4.78 is 27.3. The third kappa shape index (κ3) is 1.54. The van der Waals surface area contributed by atoms with E-state index in [4.69, 9.17) is 5.73 Å². The number of pyridine rings is 1. The van der Waals surface area contributed by atoms with Crippen LogP contribution in [0.3, 0.4) is 0 Å². The second kappa shape index (κ2) is 3.69. The first-order valence-electron chi connectivity index (χ1n) is 4.93. The average Bonchev–Trinajstić information content (AvgIpc) is 2.75. The molecule has 8 heteroatoms. The molecule has 3 aromatic heterocycles. The number of rotatable bonds is 1. The molecule has 0 saturated carbocycles. The molecule has 0 aliphatic rings. The number of hydrogen-bond donors (Lipinski definition) is 1. The number of hydrogen-bond acceptors (Lipinski definition) is 5. The Bertz CT molecular complexity index is 738. The SMILES string of the molecule is Nc1nc(-n2ncc3ncc(F)cc32)ncc1F. The number of nitrogens with zero attached hydrogens (tertiary/aromatic N) is 5. The van der Waals surface area contributed by atoms with Gasteiger partial charge in [0.1, 0.15) is 11.3 Å². The molecule has 0 unspecified atom stereocenters. The molecule has 0 saturated heterocycles. The van der Waals surface area contributed by atoms with Gasteiger partial charge in [0.25, 0.3) is 5.95 Å². The van der Waals surface area contributed by atoms with Gasteiger partial charge in [0.2, 0.25) is 0 Å². The lowest BCUT2D eigenvalue weighted by Gasteiger charge is -2.02. The zero-order valence-corrected chi connectivity index (χ0v) is 8.88. The molecule has 0 atom stereocenters. The maximum absolute atomic E-state index is 13.1. The fraction of sp³-hybridized carbons (Fsp3) is 0. The van der Waals surface area contributed by atoms with E-state index in [9.17, 15) is 8.78 Å². The second-order valence-electron chi connectivity index (χ2n) is 3.52. The summed E-state index contributed by atoms with van der Waals surface area (Å²) in [6, 6.07) is 1.23. The average molecular weight is 248 g/mol. The van der Waals surface area contributed by atoms with Crippen molar-refractivity contribution in [3.8, 4) is 5.95 Å². The molecule has 0 bridgehead atoms. The van der Waals surface area contributed by atoms with E-state index in [1.165, 1.54) is 16.9 Å². The van der Waals surface area contributed by atoms with Crippen molar-refractivity contribution in [2.45, 2.75) is 0 Å². The van der Waals surface area contributed by atoms with Crippen LogP contribution in [0.15, 0.2) is 24.7 Å². The van der Waals surface area contributed by atoms with E-state index in [2.05, 4.69) is 20.1 Å². The summed E-state index contributed by atoms with van der Waals surface area (Å²) in [5.74, 6) is -1.48. The smallest absolute Gasteiger partial charge is 0.253 e. The zero-order chi connectivity index (χ0) is 12.7. The number of halogens is 2. The lowest BCUT2D eigenvalue weighted by Crippen LogP contribution is -2.06. The first-order valence-corrected chi connectivity index (χ1v) is 4.93. The molecule has 0 aliphatic carbocycles. The van der Waals surface area contributed by atoms with Crippen LogP contribution < -0.4 is 5.73 Å². The molecule has 3 aromatic rings. The Morgan fingerprint density at radius 2 is 1.94 bits per heavy atom. The minimum atomic E-state index is -0.723. The first kappa shape index (κ1) is 10.5. The van der Waals surface area contributed by atoms with Crippen LogP contribution in [0.4, 0.5) is 14.6 Å². The Balaban J connectivity index is 2.24. The third-order valence-corrected chi connectivity index (χ3v) is 2.34. The van der Waals surface area contributed by atoms with Gasteiger partial charge in [0.15, 0.2) is 11.6 Å². The zero-order valence-electron chi connectivity index (χ0n) is 8.88. The van der Waals surface area contributed by atoms with Crippen molar-refractivity contribution in [2.24, 2.45) is 0 Å². The topological polar surface area (TPSA) is 82.5 Å². The van der Waals surface area contributed by atoms with Gasteiger partial charge in [-0.05, 0) is 0 Å². The maximum atomic E-state index is 13.1. The quantitative estimate of drug-likeness (QED) is 0.696. The van der Waals surface area contributed by atoms with E-state index in [0.717, 1.165) is 12.4 Å². The van der Waals surface area contributed by atoms with Crippen LogP contribution in [-0.2, 0) is 0 Å². The van der Waals surface area contributed by atoms with Crippen molar-refractivity contribution in [3.63, 3.8) is 0 Å². The van der Waals surface area contributed by atoms with Crippen LogP contribution in [0.1, 0.15) is 0 Å². The lowest BCUT2D eigenvalue weighted by molar-refractivity contribution is 0.614. The molecule has 0 amide bonds. The van der Waals surface area contributed by atoms with Crippen molar-refractivity contribution in [2.75, 3.05) is 5.73 Å². The molecule has 0 fully saturated rings. The van der Waals surface area contributed by atoms with Crippen molar-refractivity contribution in [1.82, 2.24) is 24.7 Å². The van der Waals surface area contributed by atoms with Crippen molar-refractivity contribution in [1.29, 1.82) is 0 Å². The van der Waals surface area contributed by atoms with Crippen molar-refractivity contribution >= 4 is 16.9 Å². The maximum Gasteiger partial charge on any atom is 0.253 e. The van der Waals surface area contributed by atoms with E-state index < -0.39 is 11.6 Å². The van der Waals surface area contributed by atoms with Gasteiger partial charge >= 0.3 is 0 Å². The Labute approximate surface area is 99.1 Å². The van der Waals surface area contributed by atoms with Gasteiger partial charge in [-0.1, -0.05) is 0 Å². The molecule has 0 spiro atoms.